The molecule has 2 aliphatic heterocycles. The second kappa shape index (κ2) is 3.32. The summed E-state index contributed by atoms with van der Waals surface area (Å²) in [6, 6.07) is 0. The van der Waals surface area contributed by atoms with E-state index in [2.05, 4.69) is 11.8 Å². The van der Waals surface area contributed by atoms with E-state index < -0.39 is 0 Å². The lowest BCUT2D eigenvalue weighted by Gasteiger charge is -2.26. The first kappa shape index (κ1) is 8.48. The molecule has 0 spiro atoms. The number of ether oxygens (including phenoxy) is 2. The highest BCUT2D eigenvalue weighted by molar-refractivity contribution is 4.95. The van der Waals surface area contributed by atoms with Gasteiger partial charge in [0.1, 0.15) is 13.5 Å². The lowest BCUT2D eigenvalue weighted by Crippen LogP contribution is -2.42. The summed E-state index contributed by atoms with van der Waals surface area (Å²) in [5.41, 5.74) is 0.246. The first-order valence-electron chi connectivity index (χ1n) is 4.78. The van der Waals surface area contributed by atoms with Crippen LogP contribution < -0.4 is 0 Å². The fourth-order valence-electron chi connectivity index (χ4n) is 2.04. The maximum absolute atomic E-state index is 5.46. The zero-order valence-corrected chi connectivity index (χ0v) is 7.71. The molecule has 2 rings (SSSR count). The summed E-state index contributed by atoms with van der Waals surface area (Å²) in [6.45, 7) is 5.50. The number of rotatable bonds is 3. The molecule has 0 unspecified atom stereocenters. The van der Waals surface area contributed by atoms with Gasteiger partial charge in [0.2, 0.25) is 0 Å². The van der Waals surface area contributed by atoms with E-state index in [1.54, 1.807) is 0 Å². The second-order valence-electron chi connectivity index (χ2n) is 3.82. The van der Waals surface area contributed by atoms with Crippen molar-refractivity contribution < 1.29 is 9.47 Å². The van der Waals surface area contributed by atoms with Crippen molar-refractivity contribution in [3.8, 4) is 0 Å². The van der Waals surface area contributed by atoms with Crippen LogP contribution in [0, 0.1) is 0 Å². The van der Waals surface area contributed by atoms with Crippen molar-refractivity contribution in [3.05, 3.63) is 0 Å². The van der Waals surface area contributed by atoms with Crippen molar-refractivity contribution in [1.29, 1.82) is 0 Å². The van der Waals surface area contributed by atoms with Crippen LogP contribution in [0.5, 0.6) is 0 Å². The molecule has 3 heteroatoms. The summed E-state index contributed by atoms with van der Waals surface area (Å²) in [5.74, 6) is 0. The van der Waals surface area contributed by atoms with Gasteiger partial charge in [0, 0.05) is 0 Å². The Hall–Kier alpha value is -0.120. The summed E-state index contributed by atoms with van der Waals surface area (Å²) >= 11 is 0. The van der Waals surface area contributed by atoms with E-state index in [1.165, 1.54) is 19.3 Å². The molecule has 0 atom stereocenters. The smallest absolute Gasteiger partial charge is 0.101 e. The van der Waals surface area contributed by atoms with Gasteiger partial charge in [0.05, 0.1) is 18.8 Å². The third-order valence-corrected chi connectivity index (χ3v) is 2.90. The Bertz CT molecular complexity index is 151. The monoisotopic (exact) mass is 171 g/mol. The lowest BCUT2D eigenvalue weighted by molar-refractivity contribution is 0.0695. The highest BCUT2D eigenvalue weighted by atomic mass is 16.6. The van der Waals surface area contributed by atoms with Crippen LogP contribution in [0.25, 0.3) is 0 Å². The second-order valence-corrected chi connectivity index (χ2v) is 3.82. The van der Waals surface area contributed by atoms with Crippen LogP contribution in [0.1, 0.15) is 26.2 Å². The predicted molar refractivity (Wildman–Crippen MR) is 45.7 cm³/mol. The standard InChI is InChI=1S/C9H17NO2/c1-2-3-4-9-5-11-7-10(9)8-12-6-9/h2-8H2,1H3. The molecule has 0 radical (unpaired) electrons. The van der Waals surface area contributed by atoms with Crippen molar-refractivity contribution in [1.82, 2.24) is 4.90 Å². The van der Waals surface area contributed by atoms with Gasteiger partial charge in [-0.15, -0.1) is 0 Å². The molecule has 2 saturated heterocycles. The number of hydrogen-bond acceptors (Lipinski definition) is 3. The molecule has 0 aromatic heterocycles. The Morgan fingerprint density at radius 2 is 1.92 bits per heavy atom. The van der Waals surface area contributed by atoms with E-state index in [0.29, 0.717) is 0 Å². The number of nitrogens with zero attached hydrogens (tertiary/aromatic N) is 1. The van der Waals surface area contributed by atoms with Gasteiger partial charge in [0.15, 0.2) is 0 Å². The van der Waals surface area contributed by atoms with Crippen LogP contribution in [0.3, 0.4) is 0 Å². The van der Waals surface area contributed by atoms with Crippen molar-refractivity contribution in [2.45, 2.75) is 31.7 Å². The Kier molecular flexibility index (Phi) is 2.35. The van der Waals surface area contributed by atoms with Crippen molar-refractivity contribution in [2.24, 2.45) is 0 Å². The fourth-order valence-corrected chi connectivity index (χ4v) is 2.04. The molecule has 0 N–H and O–H groups in total. The van der Waals surface area contributed by atoms with Crippen LogP contribution in [-0.4, -0.2) is 37.1 Å². The van der Waals surface area contributed by atoms with Gasteiger partial charge in [-0.25, -0.2) is 4.90 Å². The minimum absolute atomic E-state index is 0.246. The van der Waals surface area contributed by atoms with Gasteiger partial charge >= 0.3 is 0 Å². The van der Waals surface area contributed by atoms with Gasteiger partial charge < -0.3 is 9.47 Å². The Balaban J connectivity index is 1.97. The highest BCUT2D eigenvalue weighted by Gasteiger charge is 2.45. The fraction of sp³-hybridized carbons (Fsp3) is 1.00. The van der Waals surface area contributed by atoms with E-state index in [1.807, 2.05) is 0 Å². The number of unbranched alkanes of at least 4 members (excludes halogenated alkanes) is 1. The van der Waals surface area contributed by atoms with E-state index in [4.69, 9.17) is 9.47 Å². The Morgan fingerprint density at radius 1 is 1.25 bits per heavy atom. The Morgan fingerprint density at radius 3 is 2.50 bits per heavy atom. The predicted octanol–water partition coefficient (Wildman–Crippen LogP) is 1.19. The minimum atomic E-state index is 0.246. The topological polar surface area (TPSA) is 21.7 Å². The lowest BCUT2D eigenvalue weighted by atomic mass is 9.95. The van der Waals surface area contributed by atoms with Crippen molar-refractivity contribution in [3.63, 3.8) is 0 Å². The van der Waals surface area contributed by atoms with Gasteiger partial charge in [-0.2, -0.15) is 0 Å². The highest BCUT2D eigenvalue weighted by Crippen LogP contribution is 2.32. The normalized spacial score (nSPS) is 27.8. The van der Waals surface area contributed by atoms with Gasteiger partial charge in [-0.1, -0.05) is 19.8 Å². The first-order valence-corrected chi connectivity index (χ1v) is 4.78. The van der Waals surface area contributed by atoms with Gasteiger partial charge in [-0.05, 0) is 6.42 Å². The molecule has 3 nitrogen and oxygen atoms in total. The van der Waals surface area contributed by atoms with Crippen LogP contribution in [-0.2, 0) is 9.47 Å². The zero-order chi connectivity index (χ0) is 8.44. The maximum Gasteiger partial charge on any atom is 0.101 e. The average molecular weight is 171 g/mol. The van der Waals surface area contributed by atoms with Gasteiger partial charge in [0.25, 0.3) is 0 Å². The molecule has 0 bridgehead atoms. The summed E-state index contributed by atoms with van der Waals surface area (Å²) in [4.78, 5) is 2.32. The largest absolute Gasteiger partial charge is 0.364 e. The number of hydrogen-bond donors (Lipinski definition) is 0. The van der Waals surface area contributed by atoms with Gasteiger partial charge in [-0.3, -0.25) is 0 Å². The zero-order valence-electron chi connectivity index (χ0n) is 7.71. The molecule has 0 aliphatic carbocycles. The summed E-state index contributed by atoms with van der Waals surface area (Å²) < 4.78 is 10.9. The van der Waals surface area contributed by atoms with Crippen molar-refractivity contribution >= 4 is 0 Å². The molecule has 0 saturated carbocycles. The van der Waals surface area contributed by atoms with Crippen molar-refractivity contribution in [2.75, 3.05) is 26.7 Å². The maximum atomic E-state index is 5.46. The quantitative estimate of drug-likeness (QED) is 0.636. The first-order chi connectivity index (χ1) is 5.87. The number of fused-ring (bicyclic) bond motifs is 1. The molecule has 0 aromatic rings. The average Bonchev–Trinajstić information content (AvgIpc) is 2.58. The SMILES string of the molecule is CCCCC12COCN1COC2. The molecular weight excluding hydrogens is 154 g/mol. The molecule has 2 aliphatic rings. The molecule has 70 valence electrons. The van der Waals surface area contributed by atoms with E-state index in [9.17, 15) is 0 Å². The van der Waals surface area contributed by atoms with Crippen LogP contribution >= 0.6 is 0 Å². The third-order valence-electron chi connectivity index (χ3n) is 2.90. The molecular formula is C9H17NO2. The molecule has 2 heterocycles. The molecule has 0 aromatic carbocycles. The minimum Gasteiger partial charge on any atom is -0.364 e. The molecule has 12 heavy (non-hydrogen) atoms. The summed E-state index contributed by atoms with van der Waals surface area (Å²) in [7, 11) is 0. The van der Waals surface area contributed by atoms with Crippen LogP contribution in [0.15, 0.2) is 0 Å². The summed E-state index contributed by atoms with van der Waals surface area (Å²) in [6.07, 6.45) is 3.77. The third kappa shape index (κ3) is 1.26. The van der Waals surface area contributed by atoms with E-state index in [0.717, 1.165) is 26.7 Å². The molecule has 2 fully saturated rings. The molecule has 0 amide bonds. The van der Waals surface area contributed by atoms with E-state index >= 15 is 0 Å². The van der Waals surface area contributed by atoms with Crippen LogP contribution in [0.2, 0.25) is 0 Å². The summed E-state index contributed by atoms with van der Waals surface area (Å²) in [5, 5.41) is 0. The van der Waals surface area contributed by atoms with Crippen LogP contribution in [0.4, 0.5) is 0 Å². The van der Waals surface area contributed by atoms with E-state index in [-0.39, 0.29) is 5.54 Å². The Labute approximate surface area is 73.6 Å².